The lowest BCUT2D eigenvalue weighted by Gasteiger charge is -2.30. The summed E-state index contributed by atoms with van der Waals surface area (Å²) < 4.78 is 30.5. The summed E-state index contributed by atoms with van der Waals surface area (Å²) in [6, 6.07) is -0.890. The van der Waals surface area contributed by atoms with Crippen LogP contribution in [0.15, 0.2) is 60.8 Å². The molecular weight excluding hydrogens is 1060 g/mol. The second-order valence-electron chi connectivity index (χ2n) is 25.7. The van der Waals surface area contributed by atoms with Crippen LogP contribution in [-0.2, 0) is 27.9 Å². The van der Waals surface area contributed by atoms with E-state index in [-0.39, 0.29) is 31.5 Å². The molecule has 0 saturated heterocycles. The molecule has 0 aromatic heterocycles. The molecule has 1 amide bonds. The molecule has 0 rings (SSSR count). The van der Waals surface area contributed by atoms with Crippen molar-refractivity contribution in [1.82, 2.24) is 5.32 Å². The van der Waals surface area contributed by atoms with Crippen LogP contribution >= 0.6 is 7.82 Å². The van der Waals surface area contributed by atoms with Gasteiger partial charge in [-0.3, -0.25) is 14.2 Å². The number of unbranched alkanes of at least 4 members (excludes halogenated alkanes) is 42. The molecule has 0 spiro atoms. The van der Waals surface area contributed by atoms with Crippen molar-refractivity contribution in [3.8, 4) is 0 Å². The summed E-state index contributed by atoms with van der Waals surface area (Å²) in [5.41, 5.74) is 0. The number of nitrogens with zero attached hydrogens (tertiary/aromatic N) is 1. The number of carbonyl (C=O) groups excluding carboxylic acids is 2. The fourth-order valence-corrected chi connectivity index (χ4v) is 11.3. The zero-order valence-corrected chi connectivity index (χ0v) is 57.3. The van der Waals surface area contributed by atoms with E-state index in [1.54, 1.807) is 0 Å². The van der Waals surface area contributed by atoms with Crippen molar-refractivity contribution < 1.29 is 37.3 Å². The molecule has 492 valence electrons. The summed E-state index contributed by atoms with van der Waals surface area (Å²) in [5, 5.41) is 3.05. The Morgan fingerprint density at radius 1 is 0.417 bits per heavy atom. The van der Waals surface area contributed by atoms with Crippen LogP contribution < -0.4 is 10.2 Å². The molecule has 0 heterocycles. The fraction of sp³-hybridized carbons (Fsp3) is 0.838. The predicted molar refractivity (Wildman–Crippen MR) is 362 cm³/mol. The average Bonchev–Trinajstić information content (AvgIpc) is 3.64. The lowest BCUT2D eigenvalue weighted by atomic mass is 10.0. The van der Waals surface area contributed by atoms with Crippen LogP contribution in [0.4, 0.5) is 0 Å². The zero-order valence-electron chi connectivity index (χ0n) is 56.4. The number of amides is 1. The molecule has 3 atom stereocenters. The maximum atomic E-state index is 13.6. The molecule has 0 aliphatic carbocycles. The molecule has 0 aromatic carbocycles. The minimum absolute atomic E-state index is 0.0224. The first-order valence-electron chi connectivity index (χ1n) is 36.1. The molecule has 0 aliphatic heterocycles. The van der Waals surface area contributed by atoms with Crippen molar-refractivity contribution in [3.63, 3.8) is 0 Å². The van der Waals surface area contributed by atoms with Gasteiger partial charge < -0.3 is 28.5 Å². The first kappa shape index (κ1) is 81.7. The van der Waals surface area contributed by atoms with Crippen molar-refractivity contribution in [3.05, 3.63) is 60.8 Å². The second kappa shape index (κ2) is 63.7. The van der Waals surface area contributed by atoms with Crippen LogP contribution in [0.2, 0.25) is 0 Å². The number of carbonyl (C=O) groups is 2. The summed E-state index contributed by atoms with van der Waals surface area (Å²) in [6.07, 6.45) is 82.0. The monoisotopic (exact) mass is 1200 g/mol. The van der Waals surface area contributed by atoms with Gasteiger partial charge in [0.05, 0.1) is 33.8 Å². The number of likely N-dealkylation sites (N-methyl/N-ethyl adjacent to an activating group) is 1. The Hall–Kier alpha value is -2.29. The van der Waals surface area contributed by atoms with Gasteiger partial charge in [0, 0.05) is 12.8 Å². The largest absolute Gasteiger partial charge is 0.756 e. The van der Waals surface area contributed by atoms with Crippen molar-refractivity contribution in [2.24, 2.45) is 0 Å². The van der Waals surface area contributed by atoms with E-state index in [0.717, 1.165) is 70.6 Å². The van der Waals surface area contributed by atoms with Gasteiger partial charge >= 0.3 is 5.97 Å². The van der Waals surface area contributed by atoms with Gasteiger partial charge in [-0.2, -0.15) is 0 Å². The van der Waals surface area contributed by atoms with Crippen LogP contribution in [0.1, 0.15) is 348 Å². The Morgan fingerprint density at radius 3 is 1.12 bits per heavy atom. The minimum Gasteiger partial charge on any atom is -0.756 e. The molecule has 1 N–H and O–H groups in total. The van der Waals surface area contributed by atoms with Crippen molar-refractivity contribution >= 4 is 19.7 Å². The Labute approximate surface area is 521 Å². The fourth-order valence-electron chi connectivity index (χ4n) is 10.6. The summed E-state index contributed by atoms with van der Waals surface area (Å²) in [7, 11) is 1.19. The maximum absolute atomic E-state index is 13.6. The Balaban J connectivity index is 5.04. The number of esters is 1. The normalized spacial score (nSPS) is 13.8. The number of rotatable bonds is 66. The lowest BCUT2D eigenvalue weighted by Crippen LogP contribution is -2.47. The van der Waals surface area contributed by atoms with Gasteiger partial charge in [0.2, 0.25) is 5.91 Å². The van der Waals surface area contributed by atoms with Crippen LogP contribution in [0.3, 0.4) is 0 Å². The molecule has 0 aliphatic rings. The smallest absolute Gasteiger partial charge is 0.306 e. The first-order valence-corrected chi connectivity index (χ1v) is 37.6. The summed E-state index contributed by atoms with van der Waals surface area (Å²) in [6.45, 7) is 6.85. The van der Waals surface area contributed by atoms with Gasteiger partial charge in [-0.15, -0.1) is 0 Å². The number of allylic oxidation sites excluding steroid dienone is 9. The molecule has 0 saturated carbocycles. The van der Waals surface area contributed by atoms with Crippen molar-refractivity contribution in [2.75, 3.05) is 40.9 Å². The molecule has 0 radical (unpaired) electrons. The molecule has 0 fully saturated rings. The van der Waals surface area contributed by atoms with E-state index in [1.807, 2.05) is 33.3 Å². The number of quaternary nitrogens is 1. The average molecular weight is 1200 g/mol. The van der Waals surface area contributed by atoms with E-state index >= 15 is 0 Å². The molecule has 3 unspecified atom stereocenters. The molecule has 0 aromatic rings. The number of nitrogens with one attached hydrogen (secondary N) is 1. The first-order chi connectivity index (χ1) is 40.9. The van der Waals surface area contributed by atoms with Gasteiger partial charge in [0.25, 0.3) is 7.82 Å². The topological polar surface area (TPSA) is 114 Å². The van der Waals surface area contributed by atoms with E-state index in [9.17, 15) is 19.0 Å². The van der Waals surface area contributed by atoms with Gasteiger partial charge in [-0.05, 0) is 96.0 Å². The standard InChI is InChI=1S/C74H139N2O7P/c1-7-10-13-16-19-22-25-28-30-32-34-36-37-38-39-41-43-45-47-49-52-55-58-61-64-67-74(78)83-72(65-62-59-56-53-50-27-24-21-18-15-12-9-3)71(70-82-84(79,80)81-69-68-76(4,5)6)75-73(77)66-63-60-57-54-51-48-46-44-42-40-35-33-31-29-26-23-20-17-14-11-8-2/h19,22,28-31,34,36,62,65,71-72H,7-18,20-21,23-27,32-33,35,37-61,63-64,66-70H2,1-6H3,(H-,75,77,79,80)/b22-19-,30-28-,31-29+,36-34-,65-62+. The van der Waals surface area contributed by atoms with Gasteiger partial charge in [0.1, 0.15) is 19.3 Å². The third-order valence-corrected chi connectivity index (χ3v) is 17.1. The summed E-state index contributed by atoms with van der Waals surface area (Å²) in [5.74, 6) is -0.531. The Morgan fingerprint density at radius 2 is 0.726 bits per heavy atom. The maximum Gasteiger partial charge on any atom is 0.306 e. The number of hydrogen-bond donors (Lipinski definition) is 1. The molecule has 10 heteroatoms. The van der Waals surface area contributed by atoms with Crippen LogP contribution in [0, 0.1) is 0 Å². The zero-order chi connectivity index (χ0) is 61.4. The van der Waals surface area contributed by atoms with E-state index < -0.39 is 20.0 Å². The van der Waals surface area contributed by atoms with E-state index in [0.29, 0.717) is 17.4 Å². The highest BCUT2D eigenvalue weighted by Crippen LogP contribution is 2.38. The summed E-state index contributed by atoms with van der Waals surface area (Å²) >= 11 is 0. The quantitative estimate of drug-likeness (QED) is 0.0212. The SMILES string of the molecule is CCCCC/C=C\C/C=C\C/C=C\CCCCCCCCCCCCCCC(=O)OC(/C=C/CCCCCCCCCCCC)C(COP(=O)([O-])OCC[N+](C)(C)C)NC(=O)CCCCCCCCCCCCC/C=C/CCCCCCCC. The van der Waals surface area contributed by atoms with E-state index in [2.05, 4.69) is 74.7 Å². The number of ether oxygens (including phenoxy) is 1. The highest BCUT2D eigenvalue weighted by Gasteiger charge is 2.27. The Kier molecular flexibility index (Phi) is 62.0. The third kappa shape index (κ3) is 64.2. The number of phosphoric ester groups is 1. The highest BCUT2D eigenvalue weighted by molar-refractivity contribution is 7.45. The predicted octanol–water partition coefficient (Wildman–Crippen LogP) is 22.3. The third-order valence-electron chi connectivity index (χ3n) is 16.2. The highest BCUT2D eigenvalue weighted by atomic mass is 31.2. The Bertz CT molecular complexity index is 1620. The molecular formula is C74H139N2O7P. The minimum atomic E-state index is -4.70. The van der Waals surface area contributed by atoms with Gasteiger partial charge in [-0.1, -0.05) is 300 Å². The molecule has 0 bridgehead atoms. The lowest BCUT2D eigenvalue weighted by molar-refractivity contribution is -0.870. The summed E-state index contributed by atoms with van der Waals surface area (Å²) in [4.78, 5) is 40.2. The van der Waals surface area contributed by atoms with Crippen molar-refractivity contribution in [2.45, 2.75) is 360 Å². The van der Waals surface area contributed by atoms with Crippen LogP contribution in [0.5, 0.6) is 0 Å². The number of hydrogen-bond acceptors (Lipinski definition) is 7. The van der Waals surface area contributed by atoms with E-state index in [1.165, 1.54) is 244 Å². The molecule has 84 heavy (non-hydrogen) atoms. The van der Waals surface area contributed by atoms with Crippen molar-refractivity contribution in [1.29, 1.82) is 0 Å². The van der Waals surface area contributed by atoms with Gasteiger partial charge in [0.15, 0.2) is 0 Å². The van der Waals surface area contributed by atoms with Crippen LogP contribution in [-0.4, -0.2) is 69.4 Å². The van der Waals surface area contributed by atoms with Crippen LogP contribution in [0.25, 0.3) is 0 Å². The number of phosphoric acid groups is 1. The second-order valence-corrected chi connectivity index (χ2v) is 27.1. The van der Waals surface area contributed by atoms with E-state index in [4.69, 9.17) is 13.8 Å². The van der Waals surface area contributed by atoms with Gasteiger partial charge in [-0.25, -0.2) is 0 Å². The molecule has 9 nitrogen and oxygen atoms in total.